The van der Waals surface area contributed by atoms with Crippen LogP contribution in [0.4, 0.5) is 0 Å². The fourth-order valence-corrected chi connectivity index (χ4v) is 4.56. The normalized spacial score (nSPS) is 12.2. The van der Waals surface area contributed by atoms with Gasteiger partial charge in [0.05, 0.1) is 11.9 Å². The van der Waals surface area contributed by atoms with Gasteiger partial charge in [0.1, 0.15) is 0 Å². The Morgan fingerprint density at radius 1 is 0.938 bits per heavy atom. The molecule has 1 atom stereocenters. The van der Waals surface area contributed by atoms with E-state index in [-0.39, 0.29) is 18.2 Å². The van der Waals surface area contributed by atoms with Gasteiger partial charge in [0, 0.05) is 46.2 Å². The molecule has 0 fully saturated rings. The van der Waals surface area contributed by atoms with E-state index in [1.54, 1.807) is 6.20 Å². The van der Waals surface area contributed by atoms with Crippen molar-refractivity contribution in [3.63, 3.8) is 0 Å². The molecule has 2 heterocycles. The number of aromatic amines is 1. The summed E-state index contributed by atoms with van der Waals surface area (Å²) in [6.45, 7) is 0.447. The van der Waals surface area contributed by atoms with Crippen molar-refractivity contribution in [2.24, 2.45) is 0 Å². The predicted molar refractivity (Wildman–Crippen MR) is 130 cm³/mol. The maximum Gasteiger partial charge on any atom is 0.224 e. The molecule has 32 heavy (non-hydrogen) atoms. The molecule has 2 N–H and O–H groups in total. The highest BCUT2D eigenvalue weighted by atomic mass is 35.5. The number of hydrogen-bond acceptors (Lipinski definition) is 2. The Morgan fingerprint density at radius 3 is 2.66 bits per heavy atom. The van der Waals surface area contributed by atoms with Crippen LogP contribution in [0.25, 0.3) is 21.8 Å². The van der Waals surface area contributed by atoms with Crippen LogP contribution in [-0.2, 0) is 11.2 Å². The molecule has 0 saturated carbocycles. The van der Waals surface area contributed by atoms with Crippen molar-refractivity contribution in [3.05, 3.63) is 113 Å². The maximum absolute atomic E-state index is 12.9. The molecule has 1 amide bonds. The molecular formula is C27H22ClN3O. The number of halogens is 1. The van der Waals surface area contributed by atoms with Crippen LogP contribution >= 0.6 is 11.6 Å². The highest BCUT2D eigenvalue weighted by Crippen LogP contribution is 2.34. The minimum Gasteiger partial charge on any atom is -0.361 e. The molecule has 0 aliphatic heterocycles. The van der Waals surface area contributed by atoms with Crippen molar-refractivity contribution >= 4 is 39.3 Å². The lowest BCUT2D eigenvalue weighted by Crippen LogP contribution is -2.30. The SMILES string of the molecule is O=C(Cc1cccc2cccnc12)NC[C@@H](c1ccccc1Cl)c1c[nH]c2ccccc12. The molecule has 5 heteroatoms. The van der Waals surface area contributed by atoms with E-state index in [4.69, 9.17) is 11.6 Å². The van der Waals surface area contributed by atoms with Gasteiger partial charge in [-0.05, 0) is 34.9 Å². The first-order chi connectivity index (χ1) is 15.7. The van der Waals surface area contributed by atoms with E-state index >= 15 is 0 Å². The van der Waals surface area contributed by atoms with E-state index in [0.717, 1.165) is 38.5 Å². The van der Waals surface area contributed by atoms with Gasteiger partial charge in [0.25, 0.3) is 0 Å². The van der Waals surface area contributed by atoms with Crippen molar-refractivity contribution in [2.75, 3.05) is 6.54 Å². The topological polar surface area (TPSA) is 57.8 Å². The third-order valence-electron chi connectivity index (χ3n) is 5.85. The van der Waals surface area contributed by atoms with Crippen molar-refractivity contribution in [3.8, 4) is 0 Å². The number of pyridine rings is 1. The number of benzene rings is 3. The van der Waals surface area contributed by atoms with Crippen LogP contribution in [0.5, 0.6) is 0 Å². The summed E-state index contributed by atoms with van der Waals surface area (Å²) in [6.07, 6.45) is 4.05. The number of hydrogen-bond donors (Lipinski definition) is 2. The molecule has 5 aromatic rings. The third-order valence-corrected chi connectivity index (χ3v) is 6.19. The number of carbonyl (C=O) groups is 1. The van der Waals surface area contributed by atoms with Crippen LogP contribution in [0.3, 0.4) is 0 Å². The minimum absolute atomic E-state index is 0.0416. The Labute approximate surface area is 191 Å². The smallest absolute Gasteiger partial charge is 0.224 e. The van der Waals surface area contributed by atoms with Crippen molar-refractivity contribution in [1.82, 2.24) is 15.3 Å². The summed E-state index contributed by atoms with van der Waals surface area (Å²) >= 11 is 6.57. The first kappa shape index (κ1) is 20.3. The molecule has 0 aliphatic carbocycles. The Bertz CT molecular complexity index is 1400. The van der Waals surface area contributed by atoms with Crippen molar-refractivity contribution < 1.29 is 4.79 Å². The second kappa shape index (κ2) is 8.85. The maximum atomic E-state index is 12.9. The van der Waals surface area contributed by atoms with Crippen LogP contribution in [0.1, 0.15) is 22.6 Å². The first-order valence-corrected chi connectivity index (χ1v) is 11.0. The van der Waals surface area contributed by atoms with Crippen LogP contribution in [0.2, 0.25) is 5.02 Å². The van der Waals surface area contributed by atoms with Gasteiger partial charge in [-0.2, -0.15) is 0 Å². The molecule has 0 aliphatic rings. The van der Waals surface area contributed by atoms with Gasteiger partial charge in [0.15, 0.2) is 0 Å². The van der Waals surface area contributed by atoms with Gasteiger partial charge < -0.3 is 10.3 Å². The van der Waals surface area contributed by atoms with Crippen LogP contribution in [0, 0.1) is 0 Å². The zero-order valence-corrected chi connectivity index (χ0v) is 18.1. The zero-order chi connectivity index (χ0) is 21.9. The lowest BCUT2D eigenvalue weighted by molar-refractivity contribution is -0.120. The average Bonchev–Trinajstić information content (AvgIpc) is 3.25. The van der Waals surface area contributed by atoms with Crippen LogP contribution < -0.4 is 5.32 Å². The minimum atomic E-state index is -0.0746. The second-order valence-corrected chi connectivity index (χ2v) is 8.24. The second-order valence-electron chi connectivity index (χ2n) is 7.84. The Hall–Kier alpha value is -3.63. The summed E-state index contributed by atoms with van der Waals surface area (Å²) in [5, 5.41) is 5.99. The number of nitrogens with zero attached hydrogens (tertiary/aromatic N) is 1. The zero-order valence-electron chi connectivity index (χ0n) is 17.4. The monoisotopic (exact) mass is 439 g/mol. The fourth-order valence-electron chi connectivity index (χ4n) is 4.29. The Kier molecular flexibility index (Phi) is 5.61. The molecule has 0 spiro atoms. The van der Waals surface area contributed by atoms with E-state index in [9.17, 15) is 4.79 Å². The summed E-state index contributed by atoms with van der Waals surface area (Å²) in [7, 11) is 0. The molecular weight excluding hydrogens is 418 g/mol. The van der Waals surface area contributed by atoms with Crippen molar-refractivity contribution in [1.29, 1.82) is 0 Å². The van der Waals surface area contributed by atoms with Gasteiger partial charge in [-0.1, -0.05) is 72.3 Å². The summed E-state index contributed by atoms with van der Waals surface area (Å²) in [5.74, 6) is -0.116. The van der Waals surface area contributed by atoms with Gasteiger partial charge in [-0.3, -0.25) is 9.78 Å². The molecule has 0 unspecified atom stereocenters. The first-order valence-electron chi connectivity index (χ1n) is 10.6. The lowest BCUT2D eigenvalue weighted by Gasteiger charge is -2.19. The molecule has 5 rings (SSSR count). The quantitative estimate of drug-likeness (QED) is 0.348. The van der Waals surface area contributed by atoms with Gasteiger partial charge >= 0.3 is 0 Å². The van der Waals surface area contributed by atoms with E-state index in [0.29, 0.717) is 11.6 Å². The number of aromatic nitrogens is 2. The molecule has 3 aromatic carbocycles. The standard InChI is InChI=1S/C27H22ClN3O/c28-24-12-3-1-10-20(24)22(23-16-30-25-13-4-2-11-21(23)25)17-31-26(32)15-19-8-5-7-18-9-6-14-29-27(18)19/h1-14,16,22,30H,15,17H2,(H,31,32)/t22-/m0/s1. The van der Waals surface area contributed by atoms with E-state index in [1.165, 1.54) is 0 Å². The van der Waals surface area contributed by atoms with Gasteiger partial charge in [-0.15, -0.1) is 0 Å². The molecule has 4 nitrogen and oxygen atoms in total. The summed E-state index contributed by atoms with van der Waals surface area (Å²) in [4.78, 5) is 20.7. The summed E-state index contributed by atoms with van der Waals surface area (Å²) in [5.41, 5.74) is 4.95. The number of para-hydroxylation sites is 2. The molecule has 2 aromatic heterocycles. The Balaban J connectivity index is 1.42. The van der Waals surface area contributed by atoms with Crippen LogP contribution in [0.15, 0.2) is 91.3 Å². The summed E-state index contributed by atoms with van der Waals surface area (Å²) < 4.78 is 0. The highest BCUT2D eigenvalue weighted by Gasteiger charge is 2.21. The fraction of sp³-hybridized carbons (Fsp3) is 0.111. The molecule has 0 radical (unpaired) electrons. The van der Waals surface area contributed by atoms with E-state index in [2.05, 4.69) is 27.4 Å². The number of H-pyrrole nitrogens is 1. The van der Waals surface area contributed by atoms with Gasteiger partial charge in [-0.25, -0.2) is 0 Å². The highest BCUT2D eigenvalue weighted by molar-refractivity contribution is 6.31. The lowest BCUT2D eigenvalue weighted by atomic mass is 9.90. The number of rotatable bonds is 6. The predicted octanol–water partition coefficient (Wildman–Crippen LogP) is 5.86. The Morgan fingerprint density at radius 2 is 1.75 bits per heavy atom. The van der Waals surface area contributed by atoms with E-state index < -0.39 is 0 Å². The third kappa shape index (κ3) is 3.97. The van der Waals surface area contributed by atoms with E-state index in [1.807, 2.05) is 72.9 Å². The number of carbonyl (C=O) groups excluding carboxylic acids is 1. The number of fused-ring (bicyclic) bond motifs is 2. The summed E-state index contributed by atoms with van der Waals surface area (Å²) in [6, 6.07) is 25.8. The molecule has 0 bridgehead atoms. The number of amides is 1. The number of nitrogens with one attached hydrogen (secondary N) is 2. The molecule has 158 valence electrons. The van der Waals surface area contributed by atoms with Crippen molar-refractivity contribution in [2.45, 2.75) is 12.3 Å². The largest absolute Gasteiger partial charge is 0.361 e. The molecule has 0 saturated heterocycles. The van der Waals surface area contributed by atoms with Gasteiger partial charge in [0.2, 0.25) is 5.91 Å². The average molecular weight is 440 g/mol. The van der Waals surface area contributed by atoms with Crippen LogP contribution in [-0.4, -0.2) is 22.4 Å².